The van der Waals surface area contributed by atoms with Crippen molar-refractivity contribution in [2.45, 2.75) is 58.4 Å². The van der Waals surface area contributed by atoms with Gasteiger partial charge in [-0.3, -0.25) is 14.5 Å². The number of anilines is 1. The molecule has 7 heteroatoms. The summed E-state index contributed by atoms with van der Waals surface area (Å²) in [4.78, 5) is 38.2. The summed E-state index contributed by atoms with van der Waals surface area (Å²) >= 11 is 2.20. The van der Waals surface area contributed by atoms with Crippen molar-refractivity contribution in [2.75, 3.05) is 11.9 Å². The van der Waals surface area contributed by atoms with Gasteiger partial charge in [0.15, 0.2) is 0 Å². The molecule has 0 saturated carbocycles. The van der Waals surface area contributed by atoms with E-state index >= 15 is 0 Å². The van der Waals surface area contributed by atoms with Gasteiger partial charge in [0, 0.05) is 9.26 Å². The number of nitrogens with zero attached hydrogens (tertiary/aromatic N) is 1. The summed E-state index contributed by atoms with van der Waals surface area (Å²) in [6.07, 6.45) is 4.72. The lowest BCUT2D eigenvalue weighted by atomic mass is 9.94. The van der Waals surface area contributed by atoms with Crippen LogP contribution in [0.2, 0.25) is 0 Å². The molecule has 1 aromatic carbocycles. The third-order valence-electron chi connectivity index (χ3n) is 4.64. The monoisotopic (exact) mass is 471 g/mol. The summed E-state index contributed by atoms with van der Waals surface area (Å²) in [6, 6.07) is 5.17. The van der Waals surface area contributed by atoms with Crippen LogP contribution >= 0.6 is 22.6 Å². The van der Waals surface area contributed by atoms with Gasteiger partial charge in [-0.25, -0.2) is 4.79 Å². The van der Waals surface area contributed by atoms with E-state index in [0.717, 1.165) is 39.7 Å². The Balaban J connectivity index is 1.97. The van der Waals surface area contributed by atoms with E-state index in [1.807, 2.05) is 25.1 Å². The summed E-state index contributed by atoms with van der Waals surface area (Å²) in [5, 5.41) is 5.53. The second-order valence-corrected chi connectivity index (χ2v) is 8.22. The number of hydrogen-bond acceptors (Lipinski definition) is 3. The Labute approximate surface area is 168 Å². The van der Waals surface area contributed by atoms with Gasteiger partial charge in [0.2, 0.25) is 5.91 Å². The Kier molecular flexibility index (Phi) is 7.02. The van der Waals surface area contributed by atoms with Crippen LogP contribution in [0.4, 0.5) is 10.5 Å². The van der Waals surface area contributed by atoms with E-state index < -0.39 is 11.6 Å². The van der Waals surface area contributed by atoms with Crippen molar-refractivity contribution in [1.82, 2.24) is 10.2 Å². The molecule has 0 spiro atoms. The number of unbranched alkanes of at least 4 members (excludes halogenated alkanes) is 3. The van der Waals surface area contributed by atoms with E-state index in [1.165, 1.54) is 0 Å². The van der Waals surface area contributed by atoms with E-state index in [0.29, 0.717) is 12.1 Å². The highest BCUT2D eigenvalue weighted by atomic mass is 127. The highest BCUT2D eigenvalue weighted by Gasteiger charge is 2.47. The summed E-state index contributed by atoms with van der Waals surface area (Å²) in [5.41, 5.74) is 0.706. The molecular formula is C19H26IN3O3. The van der Waals surface area contributed by atoms with Crippen LogP contribution in [-0.2, 0) is 9.59 Å². The second kappa shape index (κ2) is 8.83. The molecule has 1 aliphatic heterocycles. The molecule has 6 nitrogen and oxygen atoms in total. The summed E-state index contributed by atoms with van der Waals surface area (Å²) in [7, 11) is 0. The van der Waals surface area contributed by atoms with Gasteiger partial charge in [0.25, 0.3) is 5.91 Å². The highest BCUT2D eigenvalue weighted by Crippen LogP contribution is 2.24. The normalized spacial score (nSPS) is 19.6. The third-order valence-corrected chi connectivity index (χ3v) is 5.31. The topological polar surface area (TPSA) is 78.5 Å². The molecule has 1 saturated heterocycles. The molecule has 0 aliphatic carbocycles. The largest absolute Gasteiger partial charge is 0.325 e. The molecule has 1 fully saturated rings. The predicted octanol–water partition coefficient (Wildman–Crippen LogP) is 3.82. The van der Waals surface area contributed by atoms with E-state index in [-0.39, 0.29) is 18.4 Å². The van der Waals surface area contributed by atoms with Crippen molar-refractivity contribution in [1.29, 1.82) is 0 Å². The van der Waals surface area contributed by atoms with Crippen molar-refractivity contribution in [3.63, 3.8) is 0 Å². The van der Waals surface area contributed by atoms with Crippen molar-refractivity contribution < 1.29 is 14.4 Å². The standard InChI is InChI=1S/C19H26IN3O3/c1-4-5-6-7-10-19(3)17(25)23(18(26)22-19)12-16(24)21-15-9-8-14(20)11-13(15)2/h8-9,11H,4-7,10,12H2,1-3H3,(H,21,24)(H,22,26). The van der Waals surface area contributed by atoms with Crippen LogP contribution < -0.4 is 10.6 Å². The first kappa shape index (κ1) is 20.7. The summed E-state index contributed by atoms with van der Waals surface area (Å²) in [6.45, 7) is 5.49. The fraction of sp³-hybridized carbons (Fsp3) is 0.526. The smallest absolute Gasteiger partial charge is 0.324 e. The molecule has 1 aliphatic rings. The molecular weight excluding hydrogens is 445 g/mol. The zero-order valence-electron chi connectivity index (χ0n) is 15.5. The highest BCUT2D eigenvalue weighted by molar-refractivity contribution is 14.1. The Bertz CT molecular complexity index is 707. The lowest BCUT2D eigenvalue weighted by Gasteiger charge is -2.21. The van der Waals surface area contributed by atoms with Crippen molar-refractivity contribution >= 4 is 46.1 Å². The number of benzene rings is 1. The molecule has 1 atom stereocenters. The van der Waals surface area contributed by atoms with Gasteiger partial charge in [-0.15, -0.1) is 0 Å². The summed E-state index contributed by atoms with van der Waals surface area (Å²) < 4.78 is 1.08. The van der Waals surface area contributed by atoms with Gasteiger partial charge in [-0.2, -0.15) is 0 Å². The number of imide groups is 1. The van der Waals surface area contributed by atoms with Gasteiger partial charge >= 0.3 is 6.03 Å². The van der Waals surface area contributed by atoms with Gasteiger partial charge in [-0.05, 0) is 66.6 Å². The lowest BCUT2D eigenvalue weighted by molar-refractivity contribution is -0.133. The Morgan fingerprint density at radius 1 is 1.27 bits per heavy atom. The van der Waals surface area contributed by atoms with Crippen LogP contribution in [0.15, 0.2) is 18.2 Å². The maximum Gasteiger partial charge on any atom is 0.325 e. The number of aryl methyl sites for hydroxylation is 1. The van der Waals surface area contributed by atoms with Gasteiger partial charge in [-0.1, -0.05) is 32.6 Å². The van der Waals surface area contributed by atoms with Crippen molar-refractivity contribution in [3.8, 4) is 0 Å². The lowest BCUT2D eigenvalue weighted by Crippen LogP contribution is -2.44. The number of halogens is 1. The minimum absolute atomic E-state index is 0.277. The molecule has 1 aromatic rings. The molecule has 26 heavy (non-hydrogen) atoms. The Morgan fingerprint density at radius 2 is 2.00 bits per heavy atom. The molecule has 1 heterocycles. The Hall–Kier alpha value is -1.64. The molecule has 0 radical (unpaired) electrons. The molecule has 0 bridgehead atoms. The molecule has 2 rings (SSSR count). The molecule has 0 aromatic heterocycles. The molecule has 1 unspecified atom stereocenters. The van der Waals surface area contributed by atoms with Crippen LogP contribution in [0.25, 0.3) is 0 Å². The van der Waals surface area contributed by atoms with Crippen LogP contribution in [0.1, 0.15) is 51.5 Å². The predicted molar refractivity (Wildman–Crippen MR) is 110 cm³/mol. The van der Waals surface area contributed by atoms with Crippen LogP contribution in [0.5, 0.6) is 0 Å². The number of carbonyl (C=O) groups is 3. The molecule has 4 amide bonds. The van der Waals surface area contributed by atoms with E-state index in [1.54, 1.807) is 6.92 Å². The number of hydrogen-bond donors (Lipinski definition) is 2. The van der Waals surface area contributed by atoms with E-state index in [2.05, 4.69) is 40.1 Å². The number of nitrogens with one attached hydrogen (secondary N) is 2. The fourth-order valence-corrected chi connectivity index (χ4v) is 3.71. The van der Waals surface area contributed by atoms with Crippen LogP contribution in [0.3, 0.4) is 0 Å². The minimum Gasteiger partial charge on any atom is -0.324 e. The first-order valence-corrected chi connectivity index (χ1v) is 10.0. The first-order chi connectivity index (χ1) is 12.3. The molecule has 2 N–H and O–H groups in total. The van der Waals surface area contributed by atoms with Crippen molar-refractivity contribution in [2.24, 2.45) is 0 Å². The minimum atomic E-state index is -0.913. The maximum atomic E-state index is 12.7. The number of rotatable bonds is 8. The van der Waals surface area contributed by atoms with Gasteiger partial charge in [0.1, 0.15) is 12.1 Å². The number of carbonyl (C=O) groups excluding carboxylic acids is 3. The zero-order chi connectivity index (χ0) is 19.3. The first-order valence-electron chi connectivity index (χ1n) is 8.97. The number of amides is 4. The molecule has 142 valence electrons. The average Bonchev–Trinajstić information content (AvgIpc) is 2.78. The van der Waals surface area contributed by atoms with E-state index in [4.69, 9.17) is 0 Å². The van der Waals surface area contributed by atoms with Crippen LogP contribution in [-0.4, -0.2) is 34.8 Å². The summed E-state index contributed by atoms with van der Waals surface area (Å²) in [5.74, 6) is -0.707. The Morgan fingerprint density at radius 3 is 2.65 bits per heavy atom. The van der Waals surface area contributed by atoms with Crippen LogP contribution in [0, 0.1) is 10.5 Å². The van der Waals surface area contributed by atoms with Gasteiger partial charge in [0.05, 0.1) is 0 Å². The quantitative estimate of drug-likeness (QED) is 0.344. The van der Waals surface area contributed by atoms with Gasteiger partial charge < -0.3 is 10.6 Å². The van der Waals surface area contributed by atoms with E-state index in [9.17, 15) is 14.4 Å². The fourth-order valence-electron chi connectivity index (χ4n) is 3.07. The van der Waals surface area contributed by atoms with Crippen molar-refractivity contribution in [3.05, 3.63) is 27.3 Å². The SMILES string of the molecule is CCCCCCC1(C)NC(=O)N(CC(=O)Nc2ccc(I)cc2C)C1=O. The zero-order valence-corrected chi connectivity index (χ0v) is 17.7. The maximum absolute atomic E-state index is 12.7. The number of urea groups is 1. The average molecular weight is 471 g/mol. The third kappa shape index (κ3) is 4.96. The second-order valence-electron chi connectivity index (χ2n) is 6.97.